The first-order valence-corrected chi connectivity index (χ1v) is 7.28. The van der Waals surface area contributed by atoms with Gasteiger partial charge in [-0.15, -0.1) is 0 Å². The van der Waals surface area contributed by atoms with E-state index in [1.54, 1.807) is 24.3 Å². The number of halogens is 3. The number of ether oxygens (including phenoxy) is 1. The van der Waals surface area contributed by atoms with Crippen molar-refractivity contribution >= 4 is 23.7 Å². The molecule has 0 aliphatic heterocycles. The highest BCUT2D eigenvalue weighted by atomic mass is 19.4. The number of hydrogen-bond acceptors (Lipinski definition) is 5. The molecule has 1 aromatic rings. The molecule has 8 nitrogen and oxygen atoms in total. The predicted octanol–water partition coefficient (Wildman–Crippen LogP) is 2.15. The number of alkyl halides is 3. The number of benzene rings is 1. The average molecular weight is 392 g/mol. The van der Waals surface area contributed by atoms with E-state index < -0.39 is 30.2 Å². The van der Waals surface area contributed by atoms with Crippen LogP contribution >= 0.6 is 0 Å². The molecule has 1 amide bonds. The molecule has 1 rings (SSSR count). The number of carboxylic acids is 2. The van der Waals surface area contributed by atoms with Crippen molar-refractivity contribution in [2.75, 3.05) is 19.4 Å². The van der Waals surface area contributed by atoms with Crippen molar-refractivity contribution in [1.29, 1.82) is 0 Å². The van der Waals surface area contributed by atoms with Crippen LogP contribution in [0.1, 0.15) is 5.56 Å². The Kier molecular flexibility index (Phi) is 9.40. The van der Waals surface area contributed by atoms with E-state index in [0.29, 0.717) is 5.69 Å². The van der Waals surface area contributed by atoms with E-state index in [1.807, 2.05) is 0 Å². The van der Waals surface area contributed by atoms with Crippen molar-refractivity contribution in [3.05, 3.63) is 42.5 Å². The van der Waals surface area contributed by atoms with E-state index in [1.165, 1.54) is 13.1 Å². The number of nitrogen functional groups attached to an aromatic ring is 1. The molecule has 1 aromatic carbocycles. The molecule has 0 bridgehead atoms. The van der Waals surface area contributed by atoms with Crippen LogP contribution in [0.5, 0.6) is 0 Å². The number of amides is 1. The number of rotatable bonds is 6. The molecule has 0 spiro atoms. The van der Waals surface area contributed by atoms with Gasteiger partial charge in [-0.3, -0.25) is 4.90 Å². The summed E-state index contributed by atoms with van der Waals surface area (Å²) < 4.78 is 36.6. The molecule has 0 heterocycles. The van der Waals surface area contributed by atoms with Crippen LogP contribution in [-0.4, -0.2) is 59.0 Å². The summed E-state index contributed by atoms with van der Waals surface area (Å²) in [5, 5.41) is 16.4. The number of likely N-dealkylation sites (N-methyl/N-ethyl adjacent to an activating group) is 1. The zero-order valence-electron chi connectivity index (χ0n) is 14.3. The summed E-state index contributed by atoms with van der Waals surface area (Å²) in [5.74, 6) is -3.85. The maximum absolute atomic E-state index is 11.7. The van der Waals surface area contributed by atoms with E-state index in [9.17, 15) is 27.9 Å². The van der Waals surface area contributed by atoms with E-state index in [0.717, 1.165) is 10.5 Å². The van der Waals surface area contributed by atoms with Crippen LogP contribution in [0.25, 0.3) is 0 Å². The minimum atomic E-state index is -5.08. The summed E-state index contributed by atoms with van der Waals surface area (Å²) in [7, 11) is 1.39. The van der Waals surface area contributed by atoms with Crippen LogP contribution in [0.4, 0.5) is 23.7 Å². The van der Waals surface area contributed by atoms with Gasteiger partial charge in [-0.1, -0.05) is 24.8 Å². The van der Waals surface area contributed by atoms with Gasteiger partial charge in [0, 0.05) is 19.2 Å². The second-order valence-electron chi connectivity index (χ2n) is 5.08. The van der Waals surface area contributed by atoms with Crippen LogP contribution in [0.2, 0.25) is 0 Å². The first-order valence-electron chi connectivity index (χ1n) is 7.28. The van der Waals surface area contributed by atoms with Gasteiger partial charge < -0.3 is 20.7 Å². The normalized spacial score (nSPS) is 11.4. The Morgan fingerprint density at radius 1 is 1.26 bits per heavy atom. The molecule has 0 aromatic heterocycles. The number of aliphatic carboxylic acids is 2. The van der Waals surface area contributed by atoms with Gasteiger partial charge in [0.25, 0.3) is 0 Å². The third-order valence-corrected chi connectivity index (χ3v) is 3.02. The van der Waals surface area contributed by atoms with Crippen molar-refractivity contribution < 1.29 is 42.5 Å². The van der Waals surface area contributed by atoms with Crippen molar-refractivity contribution in [2.24, 2.45) is 0 Å². The lowest BCUT2D eigenvalue weighted by Gasteiger charge is -2.24. The molecule has 0 saturated carbocycles. The Labute approximate surface area is 152 Å². The fourth-order valence-electron chi connectivity index (χ4n) is 1.63. The molecule has 11 heteroatoms. The highest BCUT2D eigenvalue weighted by molar-refractivity contribution is 5.80. The average Bonchev–Trinajstić information content (AvgIpc) is 2.57. The summed E-state index contributed by atoms with van der Waals surface area (Å²) in [6, 6.07) is 5.83. The third kappa shape index (κ3) is 9.14. The van der Waals surface area contributed by atoms with Gasteiger partial charge in [0.2, 0.25) is 0 Å². The number of carbonyl (C=O) groups is 3. The van der Waals surface area contributed by atoms with Gasteiger partial charge in [-0.2, -0.15) is 13.2 Å². The number of carbonyl (C=O) groups excluding carboxylic acids is 1. The van der Waals surface area contributed by atoms with Crippen LogP contribution in [0.3, 0.4) is 0 Å². The lowest BCUT2D eigenvalue weighted by atomic mass is 10.0. The molecule has 0 radical (unpaired) electrons. The zero-order chi connectivity index (χ0) is 21.2. The van der Waals surface area contributed by atoms with E-state index in [2.05, 4.69) is 6.58 Å². The Balaban J connectivity index is 0.000000821. The number of hydrogen-bond donors (Lipinski definition) is 3. The molecular formula is C16H19F3N2O6. The van der Waals surface area contributed by atoms with Crippen LogP contribution in [0.15, 0.2) is 36.9 Å². The van der Waals surface area contributed by atoms with E-state index >= 15 is 0 Å². The molecule has 27 heavy (non-hydrogen) atoms. The highest BCUT2D eigenvalue weighted by Gasteiger charge is 2.38. The van der Waals surface area contributed by atoms with Gasteiger partial charge in [0.05, 0.1) is 0 Å². The first-order chi connectivity index (χ1) is 12.4. The highest BCUT2D eigenvalue weighted by Crippen LogP contribution is 2.13. The molecule has 1 unspecified atom stereocenters. The van der Waals surface area contributed by atoms with Crippen molar-refractivity contribution in [3.63, 3.8) is 0 Å². The monoisotopic (exact) mass is 392 g/mol. The summed E-state index contributed by atoms with van der Waals surface area (Å²) >= 11 is 0. The van der Waals surface area contributed by atoms with Gasteiger partial charge in [-0.05, 0) is 17.7 Å². The molecule has 0 fully saturated rings. The summed E-state index contributed by atoms with van der Waals surface area (Å²) in [6.45, 7) is 3.46. The fraction of sp³-hybridized carbons (Fsp3) is 0.312. The maximum Gasteiger partial charge on any atom is 0.490 e. The largest absolute Gasteiger partial charge is 0.490 e. The molecule has 4 N–H and O–H groups in total. The van der Waals surface area contributed by atoms with Crippen molar-refractivity contribution in [3.8, 4) is 0 Å². The van der Waals surface area contributed by atoms with Crippen LogP contribution < -0.4 is 5.73 Å². The molecule has 150 valence electrons. The Morgan fingerprint density at radius 3 is 2.11 bits per heavy atom. The fourth-order valence-corrected chi connectivity index (χ4v) is 1.63. The van der Waals surface area contributed by atoms with E-state index in [4.69, 9.17) is 20.4 Å². The predicted molar refractivity (Wildman–Crippen MR) is 89.0 cm³/mol. The quantitative estimate of drug-likeness (QED) is 0.499. The molecule has 0 aliphatic carbocycles. The van der Waals surface area contributed by atoms with Crippen molar-refractivity contribution in [1.82, 2.24) is 4.90 Å². The SMILES string of the molecule is C=CCOC(=O)N(C)C(Cc1ccc(N)cc1)C(=O)O.O=C(O)C(F)(F)F. The van der Waals surface area contributed by atoms with Gasteiger partial charge in [0.15, 0.2) is 0 Å². The standard InChI is InChI=1S/C14H18N2O4.C2HF3O2/c1-3-8-20-14(19)16(2)12(13(17)18)9-10-4-6-11(15)7-5-10;3-2(4,5)1(6)7/h3-7,12H,1,8-9,15H2,2H3,(H,17,18);(H,6,7). The molecule has 1 atom stereocenters. The molecule has 0 saturated heterocycles. The summed E-state index contributed by atoms with van der Waals surface area (Å²) in [6.07, 6.45) is -4.19. The number of nitrogens with two attached hydrogens (primary N) is 1. The van der Waals surface area contributed by atoms with Crippen LogP contribution in [0, 0.1) is 0 Å². The Morgan fingerprint density at radius 2 is 1.74 bits per heavy atom. The van der Waals surface area contributed by atoms with Crippen molar-refractivity contribution in [2.45, 2.75) is 18.6 Å². The first kappa shape index (κ1) is 23.8. The van der Waals surface area contributed by atoms with Gasteiger partial charge in [-0.25, -0.2) is 14.4 Å². The summed E-state index contributed by atoms with van der Waals surface area (Å²) in [5.41, 5.74) is 6.94. The third-order valence-electron chi connectivity index (χ3n) is 3.02. The Hall–Kier alpha value is -3.24. The Bertz CT molecular complexity index is 661. The minimum Gasteiger partial charge on any atom is -0.480 e. The zero-order valence-corrected chi connectivity index (χ0v) is 14.3. The number of nitrogens with zero attached hydrogens (tertiary/aromatic N) is 1. The van der Waals surface area contributed by atoms with Gasteiger partial charge in [0.1, 0.15) is 12.6 Å². The lowest BCUT2D eigenvalue weighted by Crippen LogP contribution is -2.44. The maximum atomic E-state index is 11.7. The number of anilines is 1. The minimum absolute atomic E-state index is 0.0391. The molecule has 0 aliphatic rings. The lowest BCUT2D eigenvalue weighted by molar-refractivity contribution is -0.192. The van der Waals surface area contributed by atoms with Crippen LogP contribution in [-0.2, 0) is 20.7 Å². The summed E-state index contributed by atoms with van der Waals surface area (Å²) in [4.78, 5) is 32.9. The smallest absolute Gasteiger partial charge is 0.480 e. The van der Waals surface area contributed by atoms with E-state index in [-0.39, 0.29) is 13.0 Å². The topological polar surface area (TPSA) is 130 Å². The van der Waals surface area contributed by atoms with Gasteiger partial charge >= 0.3 is 24.2 Å². The molecular weight excluding hydrogens is 373 g/mol. The second kappa shape index (κ2) is 10.7. The number of carboxylic acid groups (broad SMARTS) is 2. The second-order valence-corrected chi connectivity index (χ2v) is 5.08.